The first-order valence-electron chi connectivity index (χ1n) is 17.1. The summed E-state index contributed by atoms with van der Waals surface area (Å²) in [7, 11) is 0. The Morgan fingerprint density at radius 2 is 0.960 bits per heavy atom. The van der Waals surface area contributed by atoms with Gasteiger partial charge in [0.1, 0.15) is 0 Å². The fraction of sp³-hybridized carbons (Fsp3) is 0. The molecular weight excluding hydrogens is 623 g/mol. The molecule has 2 heteroatoms. The Labute approximate surface area is 294 Å². The second kappa shape index (κ2) is 11.7. The molecular formula is C48H31NS. The second-order valence-electron chi connectivity index (χ2n) is 12.9. The standard InChI is InChI=1S/C48H31NS/c1-3-17-38-32(12-1)14-10-22-39(38)34-15-9-16-37(30-34)49(45-31-35-13-2-4-18-40(35)42-19-5-6-20-43(42)45)36-28-26-33(27-29-36)41-23-11-25-47-48(41)44-21-7-8-24-46(44)50-47/h1-31H. The topological polar surface area (TPSA) is 3.24 Å². The van der Waals surface area contributed by atoms with Crippen LogP contribution in [0.3, 0.4) is 0 Å². The number of fused-ring (bicyclic) bond motifs is 7. The van der Waals surface area contributed by atoms with Crippen LogP contribution in [-0.2, 0) is 0 Å². The molecule has 50 heavy (non-hydrogen) atoms. The van der Waals surface area contributed by atoms with E-state index in [4.69, 9.17) is 0 Å². The molecule has 234 valence electrons. The summed E-state index contributed by atoms with van der Waals surface area (Å²) < 4.78 is 2.65. The molecule has 1 heterocycles. The SMILES string of the molecule is c1cc(-c2cccc3ccccc23)cc(N(c2ccc(-c3cccc4sc5ccccc5c34)cc2)c2cc3ccccc3c3ccccc23)c1. The molecule has 0 aliphatic carbocycles. The van der Waals surface area contributed by atoms with E-state index in [1.54, 1.807) is 0 Å². The van der Waals surface area contributed by atoms with Crippen molar-refractivity contribution in [1.29, 1.82) is 0 Å². The van der Waals surface area contributed by atoms with E-state index in [1.807, 2.05) is 11.3 Å². The lowest BCUT2D eigenvalue weighted by molar-refractivity contribution is 1.30. The van der Waals surface area contributed by atoms with Gasteiger partial charge >= 0.3 is 0 Å². The minimum Gasteiger partial charge on any atom is -0.310 e. The average molecular weight is 654 g/mol. The van der Waals surface area contributed by atoms with E-state index in [0.717, 1.165) is 17.1 Å². The molecule has 0 aliphatic heterocycles. The van der Waals surface area contributed by atoms with Gasteiger partial charge in [0.15, 0.2) is 0 Å². The number of rotatable bonds is 5. The fourth-order valence-electron chi connectivity index (χ4n) is 7.74. The minimum atomic E-state index is 1.12. The van der Waals surface area contributed by atoms with Crippen LogP contribution in [0.2, 0.25) is 0 Å². The van der Waals surface area contributed by atoms with Crippen LogP contribution in [0.1, 0.15) is 0 Å². The monoisotopic (exact) mass is 653 g/mol. The lowest BCUT2D eigenvalue weighted by Gasteiger charge is -2.28. The van der Waals surface area contributed by atoms with Crippen LogP contribution in [-0.4, -0.2) is 0 Å². The molecule has 0 radical (unpaired) electrons. The second-order valence-corrected chi connectivity index (χ2v) is 14.0. The lowest BCUT2D eigenvalue weighted by Crippen LogP contribution is -2.11. The van der Waals surface area contributed by atoms with Crippen molar-refractivity contribution in [2.45, 2.75) is 0 Å². The number of anilines is 3. The Hall–Kier alpha value is -6.22. The van der Waals surface area contributed by atoms with Gasteiger partial charge in [-0.1, -0.05) is 146 Å². The Kier molecular flexibility index (Phi) is 6.75. The van der Waals surface area contributed by atoms with Gasteiger partial charge in [-0.2, -0.15) is 0 Å². The maximum Gasteiger partial charge on any atom is 0.0546 e. The Morgan fingerprint density at radius 3 is 1.82 bits per heavy atom. The quantitative estimate of drug-likeness (QED) is 0.167. The van der Waals surface area contributed by atoms with Crippen molar-refractivity contribution in [2.75, 3.05) is 4.90 Å². The van der Waals surface area contributed by atoms with E-state index in [2.05, 4.69) is 193 Å². The van der Waals surface area contributed by atoms with Crippen molar-refractivity contribution in [2.24, 2.45) is 0 Å². The number of thiophene rings is 1. The maximum absolute atomic E-state index is 2.44. The highest BCUT2D eigenvalue weighted by molar-refractivity contribution is 7.25. The summed E-state index contributed by atoms with van der Waals surface area (Å²) in [6.07, 6.45) is 0. The molecule has 0 unspecified atom stereocenters. The van der Waals surface area contributed by atoms with Crippen molar-refractivity contribution in [1.82, 2.24) is 0 Å². The summed E-state index contributed by atoms with van der Waals surface area (Å²) >= 11 is 1.87. The first-order valence-corrected chi connectivity index (χ1v) is 17.9. The van der Waals surface area contributed by atoms with Crippen LogP contribution in [0.15, 0.2) is 188 Å². The van der Waals surface area contributed by atoms with Gasteiger partial charge in [-0.05, 0) is 91.6 Å². The molecule has 10 aromatic rings. The van der Waals surface area contributed by atoms with Crippen LogP contribution in [0.4, 0.5) is 17.1 Å². The number of benzene rings is 9. The van der Waals surface area contributed by atoms with Crippen LogP contribution < -0.4 is 4.90 Å². The van der Waals surface area contributed by atoms with Crippen LogP contribution in [0.25, 0.3) is 74.7 Å². The predicted molar refractivity (Wildman–Crippen MR) is 217 cm³/mol. The molecule has 0 saturated carbocycles. The van der Waals surface area contributed by atoms with E-state index in [1.165, 1.54) is 74.7 Å². The van der Waals surface area contributed by atoms with Gasteiger partial charge in [0.05, 0.1) is 5.69 Å². The molecule has 0 atom stereocenters. The average Bonchev–Trinajstić information content (AvgIpc) is 3.57. The van der Waals surface area contributed by atoms with Crippen LogP contribution >= 0.6 is 11.3 Å². The lowest BCUT2D eigenvalue weighted by atomic mass is 9.96. The Bertz CT molecular complexity index is 2870. The van der Waals surface area contributed by atoms with Crippen molar-refractivity contribution in [3.05, 3.63) is 188 Å². The highest BCUT2D eigenvalue weighted by Crippen LogP contribution is 2.45. The summed E-state index contributed by atoms with van der Waals surface area (Å²) in [5, 5.41) is 10.1. The van der Waals surface area contributed by atoms with Gasteiger partial charge in [-0.3, -0.25) is 0 Å². The first-order chi connectivity index (χ1) is 24.8. The third-order valence-corrected chi connectivity index (χ3v) is 11.2. The van der Waals surface area contributed by atoms with E-state index >= 15 is 0 Å². The van der Waals surface area contributed by atoms with Crippen molar-refractivity contribution in [3.63, 3.8) is 0 Å². The van der Waals surface area contributed by atoms with Crippen molar-refractivity contribution < 1.29 is 0 Å². The zero-order valence-corrected chi connectivity index (χ0v) is 28.1. The number of nitrogens with zero attached hydrogens (tertiary/aromatic N) is 1. The fourth-order valence-corrected chi connectivity index (χ4v) is 8.87. The maximum atomic E-state index is 2.44. The molecule has 1 nitrogen and oxygen atoms in total. The summed E-state index contributed by atoms with van der Waals surface area (Å²) in [4.78, 5) is 2.44. The molecule has 0 fully saturated rings. The molecule has 10 rings (SSSR count). The molecule has 9 aromatic carbocycles. The van der Waals surface area contributed by atoms with Gasteiger partial charge in [-0.25, -0.2) is 0 Å². The van der Waals surface area contributed by atoms with Crippen LogP contribution in [0.5, 0.6) is 0 Å². The highest BCUT2D eigenvalue weighted by atomic mass is 32.1. The molecule has 0 saturated heterocycles. The van der Waals surface area contributed by atoms with Crippen molar-refractivity contribution in [3.8, 4) is 22.3 Å². The number of hydrogen-bond donors (Lipinski definition) is 0. The van der Waals surface area contributed by atoms with Gasteiger partial charge < -0.3 is 4.90 Å². The molecule has 0 N–H and O–H groups in total. The molecule has 0 aliphatic rings. The van der Waals surface area contributed by atoms with Gasteiger partial charge in [0.25, 0.3) is 0 Å². The minimum absolute atomic E-state index is 1.12. The normalized spacial score (nSPS) is 11.6. The largest absolute Gasteiger partial charge is 0.310 e. The molecule has 0 spiro atoms. The number of hydrogen-bond acceptors (Lipinski definition) is 2. The summed E-state index contributed by atoms with van der Waals surface area (Å²) in [6, 6.07) is 68.8. The van der Waals surface area contributed by atoms with E-state index in [-0.39, 0.29) is 0 Å². The molecule has 1 aromatic heterocycles. The smallest absolute Gasteiger partial charge is 0.0546 e. The van der Waals surface area contributed by atoms with Gasteiger partial charge in [0, 0.05) is 36.9 Å². The first kappa shape index (κ1) is 28.8. The van der Waals surface area contributed by atoms with Crippen LogP contribution in [0, 0.1) is 0 Å². The Morgan fingerprint density at radius 1 is 0.340 bits per heavy atom. The Balaban J connectivity index is 1.19. The summed E-state index contributed by atoms with van der Waals surface area (Å²) in [6.45, 7) is 0. The van der Waals surface area contributed by atoms with Crippen molar-refractivity contribution >= 4 is 80.9 Å². The third kappa shape index (κ3) is 4.69. The third-order valence-electron chi connectivity index (χ3n) is 10.0. The highest BCUT2D eigenvalue weighted by Gasteiger charge is 2.19. The summed E-state index contributed by atoms with van der Waals surface area (Å²) in [5.74, 6) is 0. The summed E-state index contributed by atoms with van der Waals surface area (Å²) in [5.41, 5.74) is 8.32. The molecule has 0 amide bonds. The van der Waals surface area contributed by atoms with E-state index < -0.39 is 0 Å². The van der Waals surface area contributed by atoms with Gasteiger partial charge in [-0.15, -0.1) is 11.3 Å². The molecule has 0 bridgehead atoms. The van der Waals surface area contributed by atoms with E-state index in [0.29, 0.717) is 0 Å². The van der Waals surface area contributed by atoms with E-state index in [9.17, 15) is 0 Å². The van der Waals surface area contributed by atoms with Gasteiger partial charge in [0.2, 0.25) is 0 Å². The zero-order valence-electron chi connectivity index (χ0n) is 27.3. The predicted octanol–water partition coefficient (Wildman–Crippen LogP) is 14.3. The zero-order chi connectivity index (χ0) is 33.0.